The largest absolute Gasteiger partial charge is 0.377 e. The summed E-state index contributed by atoms with van der Waals surface area (Å²) in [7, 11) is 0. The molecule has 3 nitrogen and oxygen atoms in total. The van der Waals surface area contributed by atoms with Crippen LogP contribution in [-0.2, 0) is 17.8 Å². The number of nitrogens with one attached hydrogen (secondary N) is 1. The maximum absolute atomic E-state index is 5.69. The summed E-state index contributed by atoms with van der Waals surface area (Å²) in [4.78, 5) is 5.42. The minimum absolute atomic E-state index is 0.365. The van der Waals surface area contributed by atoms with Gasteiger partial charge in [-0.25, -0.2) is 0 Å². The van der Waals surface area contributed by atoms with Gasteiger partial charge in [0.2, 0.25) is 0 Å². The molecule has 1 aliphatic rings. The highest BCUT2D eigenvalue weighted by molar-refractivity contribution is 7.11. The lowest BCUT2D eigenvalue weighted by atomic mass is 10.3. The second-order valence-corrected chi connectivity index (χ2v) is 6.93. The molecule has 108 valence electrons. The molecule has 0 aliphatic carbocycles. The standard InChI is InChI=1S/C15H26N2OS/c1-12(2)16-9-14-5-6-15(19-14)11-17-7-4-8-18-13(3)10-17/h5-6,12-13,16H,4,7-11H2,1-3H3. The van der Waals surface area contributed by atoms with Gasteiger partial charge in [0.25, 0.3) is 0 Å². The fraction of sp³-hybridized carbons (Fsp3) is 0.733. The van der Waals surface area contributed by atoms with Crippen LogP contribution in [0.2, 0.25) is 0 Å². The Morgan fingerprint density at radius 2 is 2.21 bits per heavy atom. The van der Waals surface area contributed by atoms with Gasteiger partial charge in [0.05, 0.1) is 6.10 Å². The molecule has 0 spiro atoms. The minimum atomic E-state index is 0.365. The first-order chi connectivity index (χ1) is 9.13. The molecule has 1 fully saturated rings. The van der Waals surface area contributed by atoms with Crippen LogP contribution in [0.15, 0.2) is 12.1 Å². The lowest BCUT2D eigenvalue weighted by Gasteiger charge is -2.20. The number of rotatable bonds is 5. The van der Waals surface area contributed by atoms with Crippen LogP contribution in [0.1, 0.15) is 36.9 Å². The van der Waals surface area contributed by atoms with Crippen LogP contribution in [0.5, 0.6) is 0 Å². The second kappa shape index (κ2) is 7.39. The number of nitrogens with zero attached hydrogens (tertiary/aromatic N) is 1. The zero-order valence-electron chi connectivity index (χ0n) is 12.3. The highest BCUT2D eigenvalue weighted by Crippen LogP contribution is 2.19. The van der Waals surface area contributed by atoms with Gasteiger partial charge in [-0.1, -0.05) is 13.8 Å². The third-order valence-electron chi connectivity index (χ3n) is 3.32. The van der Waals surface area contributed by atoms with E-state index in [9.17, 15) is 0 Å². The third-order valence-corrected chi connectivity index (χ3v) is 4.39. The maximum atomic E-state index is 5.69. The van der Waals surface area contributed by atoms with Gasteiger partial charge in [0, 0.05) is 48.6 Å². The van der Waals surface area contributed by atoms with E-state index in [0.717, 1.165) is 39.2 Å². The predicted octanol–water partition coefficient (Wildman–Crippen LogP) is 2.86. The summed E-state index contributed by atoms with van der Waals surface area (Å²) in [6, 6.07) is 5.08. The van der Waals surface area contributed by atoms with Crippen molar-refractivity contribution in [3.05, 3.63) is 21.9 Å². The lowest BCUT2D eigenvalue weighted by molar-refractivity contribution is 0.0669. The van der Waals surface area contributed by atoms with Gasteiger partial charge in [-0.2, -0.15) is 0 Å². The lowest BCUT2D eigenvalue weighted by Crippen LogP contribution is -2.29. The van der Waals surface area contributed by atoms with E-state index in [1.54, 1.807) is 0 Å². The van der Waals surface area contributed by atoms with Crippen molar-refractivity contribution in [3.63, 3.8) is 0 Å². The van der Waals surface area contributed by atoms with E-state index in [4.69, 9.17) is 4.74 Å². The van der Waals surface area contributed by atoms with Crippen LogP contribution in [-0.4, -0.2) is 36.7 Å². The number of hydrogen-bond donors (Lipinski definition) is 1. The summed E-state index contributed by atoms with van der Waals surface area (Å²) in [6.45, 7) is 11.7. The molecule has 1 N–H and O–H groups in total. The van der Waals surface area contributed by atoms with Crippen molar-refractivity contribution in [2.75, 3.05) is 19.7 Å². The zero-order valence-corrected chi connectivity index (χ0v) is 13.1. The Hall–Kier alpha value is -0.420. The summed E-state index contributed by atoms with van der Waals surface area (Å²) >= 11 is 1.93. The number of ether oxygens (including phenoxy) is 1. The molecule has 4 heteroatoms. The van der Waals surface area contributed by atoms with Crippen molar-refractivity contribution in [1.82, 2.24) is 10.2 Å². The summed E-state index contributed by atoms with van der Waals surface area (Å²) in [5.74, 6) is 0. The first-order valence-electron chi connectivity index (χ1n) is 7.28. The summed E-state index contributed by atoms with van der Waals surface area (Å²) in [5.41, 5.74) is 0. The van der Waals surface area contributed by atoms with Gasteiger partial charge in [0.15, 0.2) is 0 Å². The van der Waals surface area contributed by atoms with Crippen molar-refractivity contribution in [1.29, 1.82) is 0 Å². The quantitative estimate of drug-likeness (QED) is 0.899. The fourth-order valence-electron chi connectivity index (χ4n) is 2.35. The van der Waals surface area contributed by atoms with Crippen molar-refractivity contribution in [2.45, 2.75) is 52.4 Å². The molecule has 1 atom stereocenters. The topological polar surface area (TPSA) is 24.5 Å². The molecular formula is C15H26N2OS. The van der Waals surface area contributed by atoms with E-state index >= 15 is 0 Å². The molecule has 1 unspecified atom stereocenters. The predicted molar refractivity (Wildman–Crippen MR) is 81.6 cm³/mol. The summed E-state index contributed by atoms with van der Waals surface area (Å²) in [6.07, 6.45) is 1.52. The van der Waals surface area contributed by atoms with Crippen LogP contribution in [0.4, 0.5) is 0 Å². The van der Waals surface area contributed by atoms with Crippen LogP contribution < -0.4 is 5.32 Å². The van der Waals surface area contributed by atoms with E-state index in [-0.39, 0.29) is 0 Å². The Morgan fingerprint density at radius 3 is 3.00 bits per heavy atom. The molecule has 0 amide bonds. The van der Waals surface area contributed by atoms with Crippen LogP contribution in [0.25, 0.3) is 0 Å². The maximum Gasteiger partial charge on any atom is 0.0674 e. The van der Waals surface area contributed by atoms with E-state index in [1.807, 2.05) is 11.3 Å². The van der Waals surface area contributed by atoms with Crippen molar-refractivity contribution < 1.29 is 4.74 Å². The summed E-state index contributed by atoms with van der Waals surface area (Å²) < 4.78 is 5.69. The summed E-state index contributed by atoms with van der Waals surface area (Å²) in [5, 5.41) is 3.47. The molecule has 2 heterocycles. The SMILES string of the molecule is CC(C)NCc1ccc(CN2CCCOC(C)C2)s1. The smallest absolute Gasteiger partial charge is 0.0674 e. The Kier molecular flexibility index (Phi) is 5.82. The van der Waals surface area contributed by atoms with Crippen molar-refractivity contribution in [3.8, 4) is 0 Å². The van der Waals surface area contributed by atoms with Gasteiger partial charge in [-0.05, 0) is 25.5 Å². The monoisotopic (exact) mass is 282 g/mol. The normalized spacial score (nSPS) is 21.8. The molecule has 1 aromatic heterocycles. The van der Waals surface area contributed by atoms with E-state index in [1.165, 1.54) is 9.75 Å². The van der Waals surface area contributed by atoms with Gasteiger partial charge in [-0.15, -0.1) is 11.3 Å². The second-order valence-electron chi connectivity index (χ2n) is 5.67. The molecular weight excluding hydrogens is 256 g/mol. The molecule has 1 aliphatic heterocycles. The molecule has 0 aromatic carbocycles. The van der Waals surface area contributed by atoms with E-state index in [2.05, 4.69) is 43.1 Å². The Morgan fingerprint density at radius 1 is 1.42 bits per heavy atom. The molecule has 0 bridgehead atoms. The number of hydrogen-bond acceptors (Lipinski definition) is 4. The Balaban J connectivity index is 1.84. The van der Waals surface area contributed by atoms with Crippen LogP contribution in [0.3, 0.4) is 0 Å². The first-order valence-corrected chi connectivity index (χ1v) is 8.10. The van der Waals surface area contributed by atoms with E-state index in [0.29, 0.717) is 12.1 Å². The number of thiophene rings is 1. The molecule has 19 heavy (non-hydrogen) atoms. The van der Waals surface area contributed by atoms with Gasteiger partial charge in [-0.3, -0.25) is 4.90 Å². The third kappa shape index (κ3) is 5.22. The van der Waals surface area contributed by atoms with Crippen molar-refractivity contribution in [2.24, 2.45) is 0 Å². The molecule has 2 rings (SSSR count). The van der Waals surface area contributed by atoms with Gasteiger partial charge >= 0.3 is 0 Å². The molecule has 0 saturated carbocycles. The van der Waals surface area contributed by atoms with Crippen molar-refractivity contribution >= 4 is 11.3 Å². The van der Waals surface area contributed by atoms with Crippen LogP contribution >= 0.6 is 11.3 Å². The molecule has 1 saturated heterocycles. The van der Waals surface area contributed by atoms with E-state index < -0.39 is 0 Å². The Labute approximate surface area is 121 Å². The van der Waals surface area contributed by atoms with Crippen LogP contribution in [0, 0.1) is 0 Å². The molecule has 0 radical (unpaired) electrons. The average Bonchev–Trinajstić information content (AvgIpc) is 2.69. The van der Waals surface area contributed by atoms with Gasteiger partial charge in [0.1, 0.15) is 0 Å². The minimum Gasteiger partial charge on any atom is -0.377 e. The Bertz CT molecular complexity index is 378. The molecule has 1 aromatic rings. The average molecular weight is 282 g/mol. The fourth-order valence-corrected chi connectivity index (χ4v) is 3.36. The van der Waals surface area contributed by atoms with Gasteiger partial charge < -0.3 is 10.1 Å². The first kappa shape index (κ1) is 15.0. The highest BCUT2D eigenvalue weighted by atomic mass is 32.1. The highest BCUT2D eigenvalue weighted by Gasteiger charge is 2.15. The zero-order chi connectivity index (χ0) is 13.7.